The topological polar surface area (TPSA) is 141 Å². The highest BCUT2D eigenvalue weighted by molar-refractivity contribution is 7.20. The summed E-state index contributed by atoms with van der Waals surface area (Å²) in [5, 5.41) is 6.36. The molecule has 2 amide bonds. The molecule has 12 heteroatoms. The van der Waals surface area contributed by atoms with Gasteiger partial charge in [0.1, 0.15) is 17.2 Å². The zero-order valence-corrected chi connectivity index (χ0v) is 19.4. The Kier molecular flexibility index (Phi) is 6.38. The number of pyridine rings is 1. The molecule has 35 heavy (non-hydrogen) atoms. The number of nitrogens with two attached hydrogens (primary N) is 2. The molecule has 0 aliphatic rings. The summed E-state index contributed by atoms with van der Waals surface area (Å²) in [5.74, 6) is -3.56. The monoisotopic (exact) mass is 495 g/mol. The van der Waals surface area contributed by atoms with Gasteiger partial charge in [-0.2, -0.15) is 5.10 Å². The molecule has 0 aliphatic carbocycles. The van der Waals surface area contributed by atoms with E-state index in [2.05, 4.69) is 20.4 Å². The van der Waals surface area contributed by atoms with E-state index >= 15 is 4.39 Å². The minimum Gasteiger partial charge on any atom is -0.398 e. The molecule has 5 N–H and O–H groups in total. The van der Waals surface area contributed by atoms with Gasteiger partial charge < -0.3 is 16.8 Å². The molecule has 0 fully saturated rings. The fourth-order valence-electron chi connectivity index (χ4n) is 3.15. The number of nitrogens with zero attached hydrogens (tertiary/aromatic N) is 4. The lowest BCUT2D eigenvalue weighted by atomic mass is 10.1. The molecule has 0 aliphatic heterocycles. The molecule has 0 bridgehead atoms. The Balaban J connectivity index is 1.66. The Morgan fingerprint density at radius 3 is 2.63 bits per heavy atom. The third-order valence-electron chi connectivity index (χ3n) is 5.03. The number of hydrogen-bond acceptors (Lipinski definition) is 7. The summed E-state index contributed by atoms with van der Waals surface area (Å²) in [5.41, 5.74) is 11.3. The van der Waals surface area contributed by atoms with Crippen LogP contribution in [0.4, 0.5) is 20.3 Å². The number of hydrogen-bond donors (Lipinski definition) is 3. The molecular formula is C23H19F2N7O2S. The summed E-state index contributed by atoms with van der Waals surface area (Å²) in [6, 6.07) is 8.67. The first kappa shape index (κ1) is 23.7. The first-order valence-electron chi connectivity index (χ1n) is 10.1. The molecule has 3 aromatic heterocycles. The lowest BCUT2D eigenvalue weighted by Crippen LogP contribution is -2.22. The predicted molar refractivity (Wildman–Crippen MR) is 130 cm³/mol. The van der Waals surface area contributed by atoms with Crippen LogP contribution in [0.3, 0.4) is 0 Å². The zero-order chi connectivity index (χ0) is 25.3. The van der Waals surface area contributed by atoms with E-state index in [9.17, 15) is 14.0 Å². The summed E-state index contributed by atoms with van der Waals surface area (Å²) >= 11 is 1.13. The largest absolute Gasteiger partial charge is 0.398 e. The van der Waals surface area contributed by atoms with Gasteiger partial charge in [0.25, 0.3) is 11.8 Å². The van der Waals surface area contributed by atoms with Crippen molar-refractivity contribution < 1.29 is 18.4 Å². The van der Waals surface area contributed by atoms with Crippen molar-refractivity contribution in [3.8, 4) is 0 Å². The minimum atomic E-state index is -1.12. The molecular weight excluding hydrogens is 476 g/mol. The molecule has 4 rings (SSSR count). The van der Waals surface area contributed by atoms with E-state index in [4.69, 9.17) is 11.5 Å². The smallest absolute Gasteiger partial charge is 0.267 e. The van der Waals surface area contributed by atoms with Crippen LogP contribution in [-0.2, 0) is 11.8 Å². The first-order valence-corrected chi connectivity index (χ1v) is 11.0. The Labute approximate surface area is 201 Å². The van der Waals surface area contributed by atoms with Gasteiger partial charge in [-0.25, -0.2) is 13.8 Å². The van der Waals surface area contributed by atoms with Crippen LogP contribution in [0.1, 0.15) is 20.9 Å². The quantitative estimate of drug-likeness (QED) is 0.352. The van der Waals surface area contributed by atoms with Gasteiger partial charge >= 0.3 is 0 Å². The molecule has 1 aromatic carbocycles. The summed E-state index contributed by atoms with van der Waals surface area (Å²) in [4.78, 5) is 33.0. The number of fused-ring (bicyclic) bond motifs is 1. The molecule has 0 radical (unpaired) electrons. The van der Waals surface area contributed by atoms with Gasteiger partial charge in [-0.15, -0.1) is 11.3 Å². The van der Waals surface area contributed by atoms with Crippen molar-refractivity contribution in [2.24, 2.45) is 23.5 Å². The van der Waals surface area contributed by atoms with Crippen LogP contribution < -0.4 is 16.8 Å². The van der Waals surface area contributed by atoms with E-state index in [0.717, 1.165) is 39.9 Å². The van der Waals surface area contributed by atoms with E-state index in [1.165, 1.54) is 6.07 Å². The number of aryl methyl sites for hydroxylation is 2. The van der Waals surface area contributed by atoms with Crippen LogP contribution in [-0.4, -0.2) is 32.3 Å². The average molecular weight is 496 g/mol. The number of thiophene rings is 1. The third kappa shape index (κ3) is 4.92. The summed E-state index contributed by atoms with van der Waals surface area (Å²) in [6.07, 6.45) is 2.64. The van der Waals surface area contributed by atoms with Crippen LogP contribution in [0.5, 0.6) is 0 Å². The van der Waals surface area contributed by atoms with Gasteiger partial charge in [0.2, 0.25) is 0 Å². The van der Waals surface area contributed by atoms with Crippen molar-refractivity contribution in [2.75, 3.05) is 5.32 Å². The molecule has 0 saturated heterocycles. The summed E-state index contributed by atoms with van der Waals surface area (Å²) in [6.45, 7) is 1.79. The van der Waals surface area contributed by atoms with Crippen LogP contribution in [0, 0.1) is 18.6 Å². The maximum atomic E-state index is 15.2. The van der Waals surface area contributed by atoms with Crippen LogP contribution in [0.2, 0.25) is 0 Å². The first-order chi connectivity index (χ1) is 16.6. The SMILES string of the molecule is Cc1cc(N=C(/C=C(\N)c2ccc(F)c(NC(=O)c3cc4ncccc4s3)c2F)C(N)=O)nn1C. The number of rotatable bonds is 6. The zero-order valence-electron chi connectivity index (χ0n) is 18.5. The van der Waals surface area contributed by atoms with Crippen molar-refractivity contribution in [1.82, 2.24) is 14.8 Å². The Morgan fingerprint density at radius 1 is 1.20 bits per heavy atom. The predicted octanol–water partition coefficient (Wildman–Crippen LogP) is 3.43. The Hall–Kier alpha value is -4.45. The normalized spacial score (nSPS) is 12.2. The number of aromatic nitrogens is 3. The van der Waals surface area contributed by atoms with E-state index in [0.29, 0.717) is 5.52 Å². The fraction of sp³-hybridized carbons (Fsp3) is 0.0870. The molecule has 0 saturated carbocycles. The molecule has 0 spiro atoms. The highest BCUT2D eigenvalue weighted by Gasteiger charge is 2.20. The number of benzene rings is 1. The molecule has 3 heterocycles. The summed E-state index contributed by atoms with van der Waals surface area (Å²) in [7, 11) is 1.70. The number of aliphatic imine (C=N–C) groups is 1. The maximum absolute atomic E-state index is 15.2. The number of amides is 2. The highest BCUT2D eigenvalue weighted by Crippen LogP contribution is 2.28. The van der Waals surface area contributed by atoms with Gasteiger partial charge in [0.15, 0.2) is 11.6 Å². The van der Waals surface area contributed by atoms with Crippen LogP contribution in [0.15, 0.2) is 53.7 Å². The number of primary amides is 1. The maximum Gasteiger partial charge on any atom is 0.267 e. The average Bonchev–Trinajstić information content (AvgIpc) is 3.38. The van der Waals surface area contributed by atoms with E-state index in [1.807, 2.05) is 0 Å². The third-order valence-corrected chi connectivity index (χ3v) is 6.12. The molecule has 0 atom stereocenters. The standard InChI is InChI=1S/C23H19F2N7O2S/c1-11-8-19(31-32(11)2)29-16(22(27)33)9-14(26)12-5-6-13(24)21(20(12)25)30-23(34)18-10-15-17(35-18)4-3-7-28-15/h3-10H,26H2,1-2H3,(H2,27,33)(H,30,34)/b14-9-,29-16?. The van der Waals surface area contributed by atoms with Gasteiger partial charge in [-0.1, -0.05) is 0 Å². The van der Waals surface area contributed by atoms with Gasteiger partial charge in [-0.05, 0) is 43.3 Å². The number of carbonyl (C=O) groups excluding carboxylic acids is 2. The number of halogens is 2. The number of carbonyl (C=O) groups is 2. The Bertz CT molecular complexity index is 1490. The highest BCUT2D eigenvalue weighted by atomic mass is 32.1. The van der Waals surface area contributed by atoms with E-state index in [-0.39, 0.29) is 27.7 Å². The van der Waals surface area contributed by atoms with Crippen molar-refractivity contribution >= 4 is 56.3 Å². The van der Waals surface area contributed by atoms with Crippen molar-refractivity contribution in [2.45, 2.75) is 6.92 Å². The molecule has 4 aromatic rings. The van der Waals surface area contributed by atoms with Crippen molar-refractivity contribution in [1.29, 1.82) is 0 Å². The second-order valence-corrected chi connectivity index (χ2v) is 8.55. The van der Waals surface area contributed by atoms with Crippen LogP contribution >= 0.6 is 11.3 Å². The fourth-order valence-corrected chi connectivity index (χ4v) is 4.06. The minimum absolute atomic E-state index is 0.202. The molecule has 178 valence electrons. The van der Waals surface area contributed by atoms with Crippen molar-refractivity contribution in [3.63, 3.8) is 0 Å². The summed E-state index contributed by atoms with van der Waals surface area (Å²) < 4.78 is 32.0. The van der Waals surface area contributed by atoms with Crippen molar-refractivity contribution in [3.05, 3.63) is 76.4 Å². The van der Waals surface area contributed by atoms with E-state index < -0.39 is 29.1 Å². The number of anilines is 1. The molecule has 0 unspecified atom stereocenters. The Morgan fingerprint density at radius 2 is 1.97 bits per heavy atom. The second kappa shape index (κ2) is 9.43. The van der Waals surface area contributed by atoms with E-state index in [1.54, 1.807) is 43.0 Å². The number of nitrogens with one attached hydrogen (secondary N) is 1. The van der Waals surface area contributed by atoms with Crippen LogP contribution in [0.25, 0.3) is 15.9 Å². The lowest BCUT2D eigenvalue weighted by molar-refractivity contribution is -0.111. The van der Waals surface area contributed by atoms with Gasteiger partial charge in [0.05, 0.1) is 15.1 Å². The van der Waals surface area contributed by atoms with Gasteiger partial charge in [0, 0.05) is 36.3 Å². The second-order valence-electron chi connectivity index (χ2n) is 7.46. The van der Waals surface area contributed by atoms with Gasteiger partial charge in [-0.3, -0.25) is 19.3 Å². The lowest BCUT2D eigenvalue weighted by Gasteiger charge is -2.11. The molecule has 9 nitrogen and oxygen atoms in total.